The standard InChI is InChI=1S/C18H12ClNO5S/c1-24-13-7-2-10(9-15-16(21)20-18(23)26-15)8-14(13)25-17(22)11-3-5-12(19)6-4-11/h2-9H,1H3,(H,20,21,23)/b15-9-. The number of benzene rings is 2. The topological polar surface area (TPSA) is 81.7 Å². The van der Waals surface area contributed by atoms with Gasteiger partial charge in [-0.15, -0.1) is 0 Å². The summed E-state index contributed by atoms with van der Waals surface area (Å²) in [6, 6.07) is 11.1. The molecule has 0 aromatic heterocycles. The Labute approximate surface area is 158 Å². The van der Waals surface area contributed by atoms with Crippen LogP contribution in [0.25, 0.3) is 6.08 Å². The molecule has 2 amide bonds. The Kier molecular flexibility index (Phi) is 5.29. The van der Waals surface area contributed by atoms with Crippen molar-refractivity contribution in [2.45, 2.75) is 0 Å². The third kappa shape index (κ3) is 4.07. The van der Waals surface area contributed by atoms with Crippen LogP contribution in [0.2, 0.25) is 5.02 Å². The van der Waals surface area contributed by atoms with Crippen LogP contribution in [-0.2, 0) is 4.79 Å². The number of rotatable bonds is 4. The van der Waals surface area contributed by atoms with Crippen LogP contribution >= 0.6 is 23.4 Å². The first-order chi connectivity index (χ1) is 12.5. The Morgan fingerprint density at radius 1 is 1.12 bits per heavy atom. The number of carbonyl (C=O) groups excluding carboxylic acids is 3. The zero-order valence-electron chi connectivity index (χ0n) is 13.4. The molecule has 0 aliphatic carbocycles. The highest BCUT2D eigenvalue weighted by Crippen LogP contribution is 2.32. The van der Waals surface area contributed by atoms with Crippen molar-refractivity contribution in [3.63, 3.8) is 0 Å². The minimum Gasteiger partial charge on any atom is -0.493 e. The van der Waals surface area contributed by atoms with Crippen LogP contribution in [0.1, 0.15) is 15.9 Å². The SMILES string of the molecule is COc1ccc(/C=C2\SC(=O)NC2=O)cc1OC(=O)c1ccc(Cl)cc1. The quantitative estimate of drug-likeness (QED) is 0.485. The van der Waals surface area contributed by atoms with Gasteiger partial charge in [0, 0.05) is 5.02 Å². The van der Waals surface area contributed by atoms with Crippen molar-refractivity contribution in [2.24, 2.45) is 0 Å². The number of amides is 2. The van der Waals surface area contributed by atoms with Gasteiger partial charge in [-0.1, -0.05) is 17.7 Å². The van der Waals surface area contributed by atoms with Gasteiger partial charge in [-0.25, -0.2) is 4.79 Å². The van der Waals surface area contributed by atoms with Gasteiger partial charge in [0.25, 0.3) is 11.1 Å². The second kappa shape index (κ2) is 7.63. The smallest absolute Gasteiger partial charge is 0.343 e. The number of thioether (sulfide) groups is 1. The number of carbonyl (C=O) groups is 3. The van der Waals surface area contributed by atoms with Crippen molar-refractivity contribution >= 4 is 46.6 Å². The first-order valence-corrected chi connectivity index (χ1v) is 8.56. The number of methoxy groups -OCH3 is 1. The predicted molar refractivity (Wildman–Crippen MR) is 98.5 cm³/mol. The van der Waals surface area contributed by atoms with E-state index in [2.05, 4.69) is 5.32 Å². The molecule has 1 saturated heterocycles. The van der Waals surface area contributed by atoms with Crippen LogP contribution < -0.4 is 14.8 Å². The first-order valence-electron chi connectivity index (χ1n) is 7.37. The van der Waals surface area contributed by atoms with Gasteiger partial charge < -0.3 is 9.47 Å². The van der Waals surface area contributed by atoms with E-state index < -0.39 is 17.1 Å². The lowest BCUT2D eigenvalue weighted by Crippen LogP contribution is -2.17. The van der Waals surface area contributed by atoms with Gasteiger partial charge in [-0.2, -0.15) is 0 Å². The molecule has 26 heavy (non-hydrogen) atoms. The van der Waals surface area contributed by atoms with Crippen molar-refractivity contribution in [3.8, 4) is 11.5 Å². The Hall–Kier alpha value is -2.77. The van der Waals surface area contributed by atoms with Gasteiger partial charge in [-0.3, -0.25) is 14.9 Å². The molecule has 1 aliphatic heterocycles. The molecule has 8 heteroatoms. The Bertz CT molecular complexity index is 924. The van der Waals surface area contributed by atoms with E-state index in [0.29, 0.717) is 21.9 Å². The van der Waals surface area contributed by atoms with Gasteiger partial charge in [0.05, 0.1) is 17.6 Å². The van der Waals surface area contributed by atoms with Crippen LogP contribution in [-0.4, -0.2) is 24.2 Å². The number of ether oxygens (including phenoxy) is 2. The minimum atomic E-state index is -0.576. The van der Waals surface area contributed by atoms with E-state index in [1.54, 1.807) is 42.5 Å². The van der Waals surface area contributed by atoms with Crippen molar-refractivity contribution in [1.82, 2.24) is 5.32 Å². The molecule has 3 rings (SSSR count). The molecule has 0 unspecified atom stereocenters. The number of halogens is 1. The molecule has 1 fully saturated rings. The molecular formula is C18H12ClNO5S. The second-order valence-corrected chi connectivity index (χ2v) is 6.61. The molecule has 0 bridgehead atoms. The Balaban J connectivity index is 1.87. The lowest BCUT2D eigenvalue weighted by Gasteiger charge is -2.10. The lowest BCUT2D eigenvalue weighted by molar-refractivity contribution is -0.115. The molecular weight excluding hydrogens is 378 g/mol. The first kappa shape index (κ1) is 18.0. The van der Waals surface area contributed by atoms with E-state index in [1.807, 2.05) is 0 Å². The van der Waals surface area contributed by atoms with Gasteiger partial charge in [0.15, 0.2) is 11.5 Å². The predicted octanol–water partition coefficient (Wildman–Crippen LogP) is 3.89. The molecule has 0 saturated carbocycles. The van der Waals surface area contributed by atoms with Crippen molar-refractivity contribution in [2.75, 3.05) is 7.11 Å². The van der Waals surface area contributed by atoms with E-state index in [4.69, 9.17) is 21.1 Å². The zero-order valence-corrected chi connectivity index (χ0v) is 15.0. The number of imide groups is 1. The molecule has 2 aromatic rings. The maximum Gasteiger partial charge on any atom is 0.343 e. The molecule has 1 N–H and O–H groups in total. The molecule has 2 aromatic carbocycles. The molecule has 0 radical (unpaired) electrons. The maximum atomic E-state index is 12.3. The third-order valence-electron chi connectivity index (χ3n) is 3.41. The van der Waals surface area contributed by atoms with Crippen LogP contribution in [0.15, 0.2) is 47.4 Å². The highest BCUT2D eigenvalue weighted by molar-refractivity contribution is 8.18. The van der Waals surface area contributed by atoms with E-state index >= 15 is 0 Å². The summed E-state index contributed by atoms with van der Waals surface area (Å²) >= 11 is 6.62. The fraction of sp³-hybridized carbons (Fsp3) is 0.0556. The fourth-order valence-electron chi connectivity index (χ4n) is 2.18. The van der Waals surface area contributed by atoms with Crippen molar-refractivity contribution < 1.29 is 23.9 Å². The van der Waals surface area contributed by atoms with Crippen LogP contribution in [0.5, 0.6) is 11.5 Å². The summed E-state index contributed by atoms with van der Waals surface area (Å²) in [4.78, 5) is 35.4. The molecule has 0 atom stereocenters. The summed E-state index contributed by atoms with van der Waals surface area (Å²) in [7, 11) is 1.45. The van der Waals surface area contributed by atoms with Crippen LogP contribution in [0, 0.1) is 0 Å². The third-order valence-corrected chi connectivity index (χ3v) is 4.47. The summed E-state index contributed by atoms with van der Waals surface area (Å²) in [6.45, 7) is 0. The number of esters is 1. The Morgan fingerprint density at radius 2 is 1.85 bits per heavy atom. The summed E-state index contributed by atoms with van der Waals surface area (Å²) in [5.74, 6) is -0.492. The van der Waals surface area contributed by atoms with E-state index in [0.717, 1.165) is 11.8 Å². The van der Waals surface area contributed by atoms with E-state index in [-0.39, 0.29) is 10.7 Å². The number of nitrogens with one attached hydrogen (secondary N) is 1. The fourth-order valence-corrected chi connectivity index (χ4v) is 2.99. The monoisotopic (exact) mass is 389 g/mol. The average Bonchev–Trinajstić information content (AvgIpc) is 2.93. The summed E-state index contributed by atoms with van der Waals surface area (Å²) in [5, 5.41) is 2.26. The summed E-state index contributed by atoms with van der Waals surface area (Å²) in [6.07, 6.45) is 1.53. The number of hydrogen-bond donors (Lipinski definition) is 1. The van der Waals surface area contributed by atoms with Gasteiger partial charge >= 0.3 is 5.97 Å². The van der Waals surface area contributed by atoms with Gasteiger partial charge in [0.1, 0.15) is 0 Å². The average molecular weight is 390 g/mol. The summed E-state index contributed by atoms with van der Waals surface area (Å²) < 4.78 is 10.6. The molecule has 1 heterocycles. The lowest BCUT2D eigenvalue weighted by atomic mass is 10.1. The number of hydrogen-bond acceptors (Lipinski definition) is 6. The summed E-state index contributed by atoms with van der Waals surface area (Å²) in [5.41, 5.74) is 0.911. The van der Waals surface area contributed by atoms with Crippen molar-refractivity contribution in [3.05, 3.63) is 63.5 Å². The highest BCUT2D eigenvalue weighted by Gasteiger charge is 2.25. The van der Waals surface area contributed by atoms with Crippen molar-refractivity contribution in [1.29, 1.82) is 0 Å². The van der Waals surface area contributed by atoms with Crippen LogP contribution in [0.4, 0.5) is 4.79 Å². The molecule has 6 nitrogen and oxygen atoms in total. The minimum absolute atomic E-state index is 0.191. The van der Waals surface area contributed by atoms with E-state index in [9.17, 15) is 14.4 Å². The largest absolute Gasteiger partial charge is 0.493 e. The zero-order chi connectivity index (χ0) is 18.7. The second-order valence-electron chi connectivity index (χ2n) is 5.16. The molecule has 132 valence electrons. The van der Waals surface area contributed by atoms with Gasteiger partial charge in [0.2, 0.25) is 0 Å². The molecule has 0 spiro atoms. The van der Waals surface area contributed by atoms with Gasteiger partial charge in [-0.05, 0) is 59.8 Å². The van der Waals surface area contributed by atoms with Crippen LogP contribution in [0.3, 0.4) is 0 Å². The Morgan fingerprint density at radius 3 is 2.46 bits per heavy atom. The van der Waals surface area contributed by atoms with E-state index in [1.165, 1.54) is 13.2 Å². The maximum absolute atomic E-state index is 12.3. The molecule has 1 aliphatic rings. The normalized spacial score (nSPS) is 15.1. The highest BCUT2D eigenvalue weighted by atomic mass is 35.5.